The van der Waals surface area contributed by atoms with Crippen LogP contribution in [0.3, 0.4) is 0 Å². The van der Waals surface area contributed by atoms with Gasteiger partial charge in [0, 0.05) is 6.20 Å². The lowest BCUT2D eigenvalue weighted by Gasteiger charge is -2.06. The molecule has 8 heteroatoms. The Morgan fingerprint density at radius 2 is 2.39 bits per heavy atom. The van der Waals surface area contributed by atoms with Crippen LogP contribution >= 0.6 is 0 Å². The summed E-state index contributed by atoms with van der Waals surface area (Å²) in [4.78, 5) is 18.6. The molecule has 0 saturated carbocycles. The van der Waals surface area contributed by atoms with E-state index in [2.05, 4.69) is 20.4 Å². The van der Waals surface area contributed by atoms with E-state index >= 15 is 0 Å². The third-order valence-corrected chi connectivity index (χ3v) is 2.14. The van der Waals surface area contributed by atoms with E-state index < -0.39 is 5.97 Å². The van der Waals surface area contributed by atoms with Crippen molar-refractivity contribution in [3.05, 3.63) is 29.5 Å². The molecule has 0 unspecified atom stereocenters. The zero-order chi connectivity index (χ0) is 13.1. The number of hydrogen-bond donors (Lipinski definition) is 3. The minimum absolute atomic E-state index is 0.0340. The van der Waals surface area contributed by atoms with Crippen molar-refractivity contribution >= 4 is 17.5 Å². The summed E-state index contributed by atoms with van der Waals surface area (Å²) >= 11 is 0. The fraction of sp³-hybridized carbons (Fsp3) is 0.200. The predicted octanol–water partition coefficient (Wildman–Crippen LogP) is 0.666. The third kappa shape index (κ3) is 2.54. The van der Waals surface area contributed by atoms with Gasteiger partial charge in [0.05, 0.1) is 17.8 Å². The van der Waals surface area contributed by atoms with Gasteiger partial charge in [-0.3, -0.25) is 0 Å². The summed E-state index contributed by atoms with van der Waals surface area (Å²) in [5.74, 6) is 0.231. The molecule has 94 valence electrons. The number of nitrogens with one attached hydrogen (secondary N) is 1. The van der Waals surface area contributed by atoms with Crippen molar-refractivity contribution in [2.45, 2.75) is 13.5 Å². The smallest absolute Gasteiger partial charge is 0.337 e. The SMILES string of the molecule is Cc1noc(CNc2ncc(C(=O)O)cc2N)n1. The lowest BCUT2D eigenvalue weighted by molar-refractivity contribution is 0.0696. The maximum atomic E-state index is 10.7. The molecule has 0 bridgehead atoms. The molecule has 0 amide bonds. The first-order chi connectivity index (χ1) is 8.56. The van der Waals surface area contributed by atoms with Gasteiger partial charge in [-0.15, -0.1) is 0 Å². The second kappa shape index (κ2) is 4.70. The van der Waals surface area contributed by atoms with Gasteiger partial charge in [-0.05, 0) is 13.0 Å². The molecule has 4 N–H and O–H groups in total. The standard InChI is InChI=1S/C10H11N5O3/c1-5-14-8(18-15-5)4-13-9-7(11)2-6(3-12-9)10(16)17/h2-3H,4,11H2,1H3,(H,12,13)(H,16,17). The molecule has 2 heterocycles. The summed E-state index contributed by atoms with van der Waals surface area (Å²) < 4.78 is 4.90. The molecule has 0 atom stereocenters. The maximum absolute atomic E-state index is 10.7. The number of pyridine rings is 1. The van der Waals surface area contributed by atoms with Gasteiger partial charge in [-0.1, -0.05) is 5.16 Å². The molecule has 0 radical (unpaired) electrons. The summed E-state index contributed by atoms with van der Waals surface area (Å²) in [6.45, 7) is 1.98. The lowest BCUT2D eigenvalue weighted by atomic mass is 10.2. The number of anilines is 2. The molecule has 0 spiro atoms. The molecule has 18 heavy (non-hydrogen) atoms. The van der Waals surface area contributed by atoms with Crippen LogP contribution in [0.5, 0.6) is 0 Å². The number of aromatic nitrogens is 3. The number of aryl methyl sites for hydroxylation is 1. The zero-order valence-corrected chi connectivity index (χ0v) is 9.54. The topological polar surface area (TPSA) is 127 Å². The average Bonchev–Trinajstić information content (AvgIpc) is 2.73. The number of aromatic carboxylic acids is 1. The Kier molecular flexibility index (Phi) is 3.09. The Morgan fingerprint density at radius 3 is 2.94 bits per heavy atom. The number of carbonyl (C=O) groups is 1. The Balaban J connectivity index is 2.08. The predicted molar refractivity (Wildman–Crippen MR) is 62.0 cm³/mol. The number of nitrogen functional groups attached to an aromatic ring is 1. The second-order valence-corrected chi connectivity index (χ2v) is 3.56. The third-order valence-electron chi connectivity index (χ3n) is 2.14. The molecule has 0 aromatic carbocycles. The fourth-order valence-corrected chi connectivity index (χ4v) is 1.32. The minimum atomic E-state index is -1.08. The molecule has 0 fully saturated rings. The van der Waals surface area contributed by atoms with Gasteiger partial charge < -0.3 is 20.7 Å². The fourth-order valence-electron chi connectivity index (χ4n) is 1.32. The van der Waals surface area contributed by atoms with E-state index in [1.807, 2.05) is 0 Å². The van der Waals surface area contributed by atoms with Crippen molar-refractivity contribution in [1.82, 2.24) is 15.1 Å². The van der Waals surface area contributed by atoms with E-state index in [0.29, 0.717) is 17.5 Å². The number of nitrogens with two attached hydrogens (primary N) is 1. The molecule has 2 aromatic rings. The number of rotatable bonds is 4. The first-order valence-corrected chi connectivity index (χ1v) is 5.08. The summed E-state index contributed by atoms with van der Waals surface area (Å²) in [5.41, 5.74) is 5.95. The van der Waals surface area contributed by atoms with Crippen LogP contribution in [0.4, 0.5) is 11.5 Å². The summed E-state index contributed by atoms with van der Waals surface area (Å²) in [7, 11) is 0. The molecule has 8 nitrogen and oxygen atoms in total. The molecule has 0 saturated heterocycles. The van der Waals surface area contributed by atoms with E-state index in [4.69, 9.17) is 15.4 Å². The van der Waals surface area contributed by atoms with Crippen molar-refractivity contribution in [2.75, 3.05) is 11.1 Å². The van der Waals surface area contributed by atoms with Crippen LogP contribution in [-0.2, 0) is 6.54 Å². The average molecular weight is 249 g/mol. The van der Waals surface area contributed by atoms with E-state index in [-0.39, 0.29) is 17.8 Å². The van der Waals surface area contributed by atoms with Gasteiger partial charge in [0.15, 0.2) is 5.82 Å². The van der Waals surface area contributed by atoms with Crippen LogP contribution in [0.25, 0.3) is 0 Å². The zero-order valence-electron chi connectivity index (χ0n) is 9.54. The van der Waals surface area contributed by atoms with Crippen LogP contribution in [0.2, 0.25) is 0 Å². The lowest BCUT2D eigenvalue weighted by Crippen LogP contribution is -2.07. The highest BCUT2D eigenvalue weighted by Crippen LogP contribution is 2.17. The molecule has 0 aliphatic rings. The highest BCUT2D eigenvalue weighted by molar-refractivity contribution is 5.89. The normalized spacial score (nSPS) is 10.3. The van der Waals surface area contributed by atoms with Crippen molar-refractivity contribution < 1.29 is 14.4 Å². The van der Waals surface area contributed by atoms with Crippen LogP contribution < -0.4 is 11.1 Å². The highest BCUT2D eigenvalue weighted by Gasteiger charge is 2.09. The maximum Gasteiger partial charge on any atom is 0.337 e. The van der Waals surface area contributed by atoms with Crippen molar-refractivity contribution in [1.29, 1.82) is 0 Å². The molecule has 0 aliphatic carbocycles. The summed E-state index contributed by atoms with van der Waals surface area (Å²) in [6, 6.07) is 1.33. The molecule has 2 aromatic heterocycles. The number of hydrogen-bond acceptors (Lipinski definition) is 7. The Labute approximate surface area is 102 Å². The minimum Gasteiger partial charge on any atom is -0.478 e. The number of nitrogens with zero attached hydrogens (tertiary/aromatic N) is 3. The Morgan fingerprint density at radius 1 is 1.61 bits per heavy atom. The summed E-state index contributed by atoms with van der Waals surface area (Å²) in [5, 5.41) is 15.3. The largest absolute Gasteiger partial charge is 0.478 e. The van der Waals surface area contributed by atoms with Crippen LogP contribution in [-0.4, -0.2) is 26.2 Å². The molecular weight excluding hydrogens is 238 g/mol. The molecule has 2 rings (SSSR count). The van der Waals surface area contributed by atoms with E-state index in [9.17, 15) is 4.79 Å². The van der Waals surface area contributed by atoms with Gasteiger partial charge in [-0.2, -0.15) is 4.98 Å². The van der Waals surface area contributed by atoms with E-state index in [1.54, 1.807) is 6.92 Å². The van der Waals surface area contributed by atoms with Gasteiger partial charge in [0.25, 0.3) is 0 Å². The van der Waals surface area contributed by atoms with E-state index in [1.165, 1.54) is 12.3 Å². The van der Waals surface area contributed by atoms with Crippen molar-refractivity contribution in [3.8, 4) is 0 Å². The van der Waals surface area contributed by atoms with Crippen LogP contribution in [0.1, 0.15) is 22.1 Å². The van der Waals surface area contributed by atoms with Gasteiger partial charge in [-0.25, -0.2) is 9.78 Å². The number of carboxylic acid groups (broad SMARTS) is 1. The van der Waals surface area contributed by atoms with Crippen molar-refractivity contribution in [2.24, 2.45) is 0 Å². The van der Waals surface area contributed by atoms with Crippen molar-refractivity contribution in [3.63, 3.8) is 0 Å². The monoisotopic (exact) mass is 249 g/mol. The van der Waals surface area contributed by atoms with Crippen LogP contribution in [0, 0.1) is 6.92 Å². The molecular formula is C10H11N5O3. The van der Waals surface area contributed by atoms with E-state index in [0.717, 1.165) is 0 Å². The van der Waals surface area contributed by atoms with Gasteiger partial charge >= 0.3 is 5.97 Å². The summed E-state index contributed by atoms with van der Waals surface area (Å²) in [6.07, 6.45) is 1.22. The quantitative estimate of drug-likeness (QED) is 0.721. The first-order valence-electron chi connectivity index (χ1n) is 5.08. The van der Waals surface area contributed by atoms with Gasteiger partial charge in [0.2, 0.25) is 5.89 Å². The van der Waals surface area contributed by atoms with Crippen LogP contribution in [0.15, 0.2) is 16.8 Å². The Hall–Kier alpha value is -2.64. The first kappa shape index (κ1) is 11.8. The van der Waals surface area contributed by atoms with Gasteiger partial charge in [0.1, 0.15) is 5.82 Å². The second-order valence-electron chi connectivity index (χ2n) is 3.56. The Bertz CT molecular complexity index is 581. The molecule has 0 aliphatic heterocycles. The number of carboxylic acids is 1. The highest BCUT2D eigenvalue weighted by atomic mass is 16.5.